The summed E-state index contributed by atoms with van der Waals surface area (Å²) in [5.74, 6) is -0.754. The highest BCUT2D eigenvalue weighted by Gasteiger charge is 2.27. The zero-order valence-electron chi connectivity index (χ0n) is 12.0. The fourth-order valence-corrected chi connectivity index (χ4v) is 2.51. The van der Waals surface area contributed by atoms with Crippen LogP contribution in [0.3, 0.4) is 0 Å². The first-order valence-corrected chi connectivity index (χ1v) is 8.89. The van der Waals surface area contributed by atoms with E-state index in [1.807, 2.05) is 0 Å². The molecule has 1 rings (SSSR count). The zero-order valence-corrected chi connectivity index (χ0v) is 14.4. The van der Waals surface area contributed by atoms with E-state index in [1.165, 1.54) is 18.2 Å². The third-order valence-electron chi connectivity index (χ3n) is 2.52. The summed E-state index contributed by atoms with van der Waals surface area (Å²) in [6.45, 7) is 3.37. The molecule has 5 nitrogen and oxygen atoms in total. The van der Waals surface area contributed by atoms with E-state index in [1.54, 1.807) is 0 Å². The van der Waals surface area contributed by atoms with Gasteiger partial charge in [-0.05, 0) is 24.6 Å². The highest BCUT2D eigenvalue weighted by atomic mass is 79.9. The monoisotopic (exact) mass is 414 g/mol. The number of amides is 1. The first kappa shape index (κ1) is 19.5. The summed E-state index contributed by atoms with van der Waals surface area (Å²) >= 11 is 3.14. The van der Waals surface area contributed by atoms with Gasteiger partial charge in [0.2, 0.25) is 10.0 Å². The number of carbonyl (C=O) groups excluding carboxylic acids is 1. The van der Waals surface area contributed by atoms with Crippen LogP contribution in [0.2, 0.25) is 0 Å². The Hall–Kier alpha value is -1.55. The lowest BCUT2D eigenvalue weighted by molar-refractivity contribution is -0.134. The van der Waals surface area contributed by atoms with E-state index in [2.05, 4.69) is 32.5 Å². The van der Waals surface area contributed by atoms with Crippen LogP contribution < -0.4 is 10.0 Å². The molecule has 2 N–H and O–H groups in total. The molecule has 0 aliphatic heterocycles. The summed E-state index contributed by atoms with van der Waals surface area (Å²) in [5, 5.41) is 2.23. The largest absolute Gasteiger partial charge is 0.389 e. The van der Waals surface area contributed by atoms with Gasteiger partial charge in [-0.1, -0.05) is 22.5 Å². The lowest BCUT2D eigenvalue weighted by Crippen LogP contribution is -2.25. The first-order chi connectivity index (χ1) is 10.4. The van der Waals surface area contributed by atoms with Gasteiger partial charge in [0.1, 0.15) is 0 Å². The van der Waals surface area contributed by atoms with E-state index in [4.69, 9.17) is 0 Å². The van der Waals surface area contributed by atoms with Gasteiger partial charge in [0, 0.05) is 16.6 Å². The minimum absolute atomic E-state index is 0.00277. The van der Waals surface area contributed by atoms with E-state index in [9.17, 15) is 26.4 Å². The van der Waals surface area contributed by atoms with E-state index >= 15 is 0 Å². The fraction of sp³-hybridized carbons (Fsp3) is 0.308. The van der Waals surface area contributed by atoms with Crippen molar-refractivity contribution in [3.63, 3.8) is 0 Å². The molecule has 0 unspecified atom stereocenters. The molecular weight excluding hydrogens is 401 g/mol. The maximum Gasteiger partial charge on any atom is 0.389 e. The van der Waals surface area contributed by atoms with Gasteiger partial charge in [-0.3, -0.25) is 9.52 Å². The van der Waals surface area contributed by atoms with Gasteiger partial charge in [-0.25, -0.2) is 8.42 Å². The molecular formula is C13H14BrF3N2O3S. The van der Waals surface area contributed by atoms with Gasteiger partial charge in [-0.2, -0.15) is 13.2 Å². The SMILES string of the molecule is C=C(CCC(F)(F)F)NC(=O)c1ccc(Br)cc1NS(C)(=O)=O. The molecule has 0 atom stereocenters. The molecule has 0 aliphatic carbocycles. The number of carbonyl (C=O) groups is 1. The summed E-state index contributed by atoms with van der Waals surface area (Å²) in [6, 6.07) is 4.21. The molecule has 0 saturated heterocycles. The van der Waals surface area contributed by atoms with Crippen molar-refractivity contribution >= 4 is 37.5 Å². The molecule has 1 amide bonds. The van der Waals surface area contributed by atoms with Crippen molar-refractivity contribution in [2.24, 2.45) is 0 Å². The van der Waals surface area contributed by atoms with Crippen molar-refractivity contribution in [3.8, 4) is 0 Å². The number of sulfonamides is 1. The standard InChI is InChI=1S/C13H14BrF3N2O3S/c1-8(5-6-13(15,16)17)18-12(20)10-4-3-9(14)7-11(10)19-23(2,21)22/h3-4,7,19H,1,5-6H2,2H3,(H,18,20). The number of halogens is 4. The van der Waals surface area contributed by atoms with Crippen LogP contribution in [-0.2, 0) is 10.0 Å². The Morgan fingerprint density at radius 1 is 1.35 bits per heavy atom. The second-order valence-corrected chi connectivity index (χ2v) is 7.40. The minimum atomic E-state index is -4.35. The first-order valence-electron chi connectivity index (χ1n) is 6.20. The normalized spacial score (nSPS) is 11.9. The average Bonchev–Trinajstić information content (AvgIpc) is 2.33. The number of alkyl halides is 3. The summed E-state index contributed by atoms with van der Waals surface area (Å²) in [6.07, 6.45) is -5.01. The average molecular weight is 415 g/mol. The number of benzene rings is 1. The molecule has 0 bridgehead atoms. The van der Waals surface area contributed by atoms with Gasteiger partial charge in [0.05, 0.1) is 17.5 Å². The van der Waals surface area contributed by atoms with Crippen molar-refractivity contribution in [3.05, 3.63) is 40.5 Å². The molecule has 1 aromatic rings. The molecule has 1 aromatic carbocycles. The van der Waals surface area contributed by atoms with Crippen LogP contribution >= 0.6 is 15.9 Å². The Bertz CT molecular complexity index is 718. The number of rotatable bonds is 6. The van der Waals surface area contributed by atoms with E-state index in [-0.39, 0.29) is 16.9 Å². The maximum absolute atomic E-state index is 12.1. The Kier molecular flexibility index (Phi) is 6.23. The lowest BCUT2D eigenvalue weighted by Gasteiger charge is -2.13. The molecule has 0 fully saturated rings. The Labute approximate surface area is 140 Å². The van der Waals surface area contributed by atoms with Gasteiger partial charge in [0.15, 0.2) is 0 Å². The van der Waals surface area contributed by atoms with Crippen LogP contribution in [0.25, 0.3) is 0 Å². The second kappa shape index (κ2) is 7.35. The maximum atomic E-state index is 12.1. The van der Waals surface area contributed by atoms with Gasteiger partial charge in [-0.15, -0.1) is 0 Å². The third-order valence-corrected chi connectivity index (χ3v) is 3.61. The summed E-state index contributed by atoms with van der Waals surface area (Å²) < 4.78 is 61.7. The zero-order chi connectivity index (χ0) is 17.8. The Morgan fingerprint density at radius 2 is 1.96 bits per heavy atom. The number of anilines is 1. The number of allylic oxidation sites excluding steroid dienone is 1. The van der Waals surface area contributed by atoms with Crippen LogP contribution in [0.1, 0.15) is 23.2 Å². The Morgan fingerprint density at radius 3 is 2.48 bits per heavy atom. The van der Waals surface area contributed by atoms with Crippen LogP contribution in [0.5, 0.6) is 0 Å². The van der Waals surface area contributed by atoms with Crippen LogP contribution in [0.15, 0.2) is 34.9 Å². The predicted octanol–water partition coefficient (Wildman–Crippen LogP) is 3.41. The highest BCUT2D eigenvalue weighted by Crippen LogP contribution is 2.24. The van der Waals surface area contributed by atoms with Crippen molar-refractivity contribution < 1.29 is 26.4 Å². The molecule has 0 aliphatic rings. The number of nitrogens with one attached hydrogen (secondary N) is 2. The molecule has 0 heterocycles. The molecule has 0 aromatic heterocycles. The molecule has 0 saturated carbocycles. The van der Waals surface area contributed by atoms with Crippen molar-refractivity contribution in [1.82, 2.24) is 5.32 Å². The molecule has 0 radical (unpaired) electrons. The second-order valence-electron chi connectivity index (χ2n) is 4.74. The van der Waals surface area contributed by atoms with Crippen LogP contribution in [0, 0.1) is 0 Å². The smallest absolute Gasteiger partial charge is 0.326 e. The summed E-state index contributed by atoms with van der Waals surface area (Å²) in [4.78, 5) is 12.1. The van der Waals surface area contributed by atoms with Gasteiger partial charge < -0.3 is 5.32 Å². The number of hydrogen-bond donors (Lipinski definition) is 2. The van der Waals surface area contributed by atoms with E-state index in [0.717, 1.165) is 6.26 Å². The molecule has 128 valence electrons. The molecule has 0 spiro atoms. The molecule has 10 heteroatoms. The lowest BCUT2D eigenvalue weighted by atomic mass is 10.1. The van der Waals surface area contributed by atoms with Crippen molar-refractivity contribution in [2.75, 3.05) is 11.0 Å². The van der Waals surface area contributed by atoms with Crippen molar-refractivity contribution in [1.29, 1.82) is 0 Å². The van der Waals surface area contributed by atoms with Gasteiger partial charge in [0.25, 0.3) is 5.91 Å². The van der Waals surface area contributed by atoms with Crippen LogP contribution in [0.4, 0.5) is 18.9 Å². The summed E-state index contributed by atoms with van der Waals surface area (Å²) in [7, 11) is -3.63. The quantitative estimate of drug-likeness (QED) is 0.748. The third kappa shape index (κ3) is 7.51. The summed E-state index contributed by atoms with van der Waals surface area (Å²) in [5.41, 5.74) is -0.143. The Balaban J connectivity index is 2.89. The van der Waals surface area contributed by atoms with E-state index < -0.39 is 34.9 Å². The predicted molar refractivity (Wildman–Crippen MR) is 84.5 cm³/mol. The van der Waals surface area contributed by atoms with Gasteiger partial charge >= 0.3 is 6.18 Å². The van der Waals surface area contributed by atoms with Crippen molar-refractivity contribution in [2.45, 2.75) is 19.0 Å². The number of hydrogen-bond acceptors (Lipinski definition) is 3. The fourth-order valence-electron chi connectivity index (χ4n) is 1.58. The van der Waals surface area contributed by atoms with Crippen LogP contribution in [-0.4, -0.2) is 26.8 Å². The minimum Gasteiger partial charge on any atom is -0.326 e. The molecule has 23 heavy (non-hydrogen) atoms. The van der Waals surface area contributed by atoms with E-state index in [0.29, 0.717) is 4.47 Å². The highest BCUT2D eigenvalue weighted by molar-refractivity contribution is 9.10. The topological polar surface area (TPSA) is 75.3 Å².